The average Bonchev–Trinajstić information content (AvgIpc) is 2.93. The van der Waals surface area contributed by atoms with Crippen LogP contribution in [0.25, 0.3) is 0 Å². The molecule has 0 aliphatic heterocycles. The lowest BCUT2D eigenvalue weighted by atomic mass is 10.0. The third-order valence-corrected chi connectivity index (χ3v) is 4.72. The molecule has 5 nitrogen and oxygen atoms in total. The lowest BCUT2D eigenvalue weighted by Crippen LogP contribution is -3.12. The maximum Gasteiger partial charge on any atom is 0.319 e. The van der Waals surface area contributed by atoms with Crippen molar-refractivity contribution in [2.75, 3.05) is 6.54 Å². The minimum Gasteiger partial charge on any atom is -0.351 e. The Bertz CT molecular complexity index is 718. The molecule has 0 radical (unpaired) electrons. The molecular formula is C17H19ClN3O2S+. The van der Waals surface area contributed by atoms with Crippen molar-refractivity contribution in [1.29, 1.82) is 0 Å². The Kier molecular flexibility index (Phi) is 6.54. The number of hydrogen-bond acceptors (Lipinski definition) is 3. The molecule has 0 aliphatic rings. The van der Waals surface area contributed by atoms with E-state index in [1.807, 2.05) is 42.5 Å². The summed E-state index contributed by atoms with van der Waals surface area (Å²) in [7, 11) is 0. The fourth-order valence-electron chi connectivity index (χ4n) is 2.56. The molecule has 0 bridgehead atoms. The molecule has 1 unspecified atom stereocenters. The van der Waals surface area contributed by atoms with Crippen molar-refractivity contribution in [3.05, 3.63) is 69.9 Å². The molecule has 7 heteroatoms. The highest BCUT2D eigenvalue weighted by Gasteiger charge is 2.32. The van der Waals surface area contributed by atoms with E-state index in [1.165, 1.54) is 11.3 Å². The van der Waals surface area contributed by atoms with Crippen LogP contribution in [0, 0.1) is 0 Å². The monoisotopic (exact) mass is 364 g/mol. The Morgan fingerprint density at radius 3 is 2.54 bits per heavy atom. The van der Waals surface area contributed by atoms with Gasteiger partial charge in [-0.05, 0) is 18.2 Å². The number of imide groups is 1. The van der Waals surface area contributed by atoms with Gasteiger partial charge in [-0.15, -0.1) is 11.3 Å². The van der Waals surface area contributed by atoms with E-state index in [2.05, 4.69) is 11.9 Å². The Balaban J connectivity index is 2.34. The Labute approximate surface area is 149 Å². The second kappa shape index (κ2) is 8.63. The summed E-state index contributed by atoms with van der Waals surface area (Å²) < 4.78 is 0.695. The van der Waals surface area contributed by atoms with Gasteiger partial charge < -0.3 is 10.6 Å². The number of quaternary nitrogens is 1. The van der Waals surface area contributed by atoms with E-state index in [-0.39, 0.29) is 0 Å². The van der Waals surface area contributed by atoms with Crippen LogP contribution in [0.5, 0.6) is 0 Å². The summed E-state index contributed by atoms with van der Waals surface area (Å²) in [6, 6.07) is 11.6. The maximum atomic E-state index is 12.6. The summed E-state index contributed by atoms with van der Waals surface area (Å²) in [6.45, 7) is 4.90. The summed E-state index contributed by atoms with van der Waals surface area (Å²) in [5.74, 6) is -0.437. The molecule has 1 aromatic carbocycles. The van der Waals surface area contributed by atoms with E-state index < -0.39 is 18.0 Å². The molecule has 3 amide bonds. The van der Waals surface area contributed by atoms with Crippen LogP contribution in [-0.4, -0.2) is 18.5 Å². The van der Waals surface area contributed by atoms with Gasteiger partial charge in [-0.2, -0.15) is 0 Å². The van der Waals surface area contributed by atoms with Crippen molar-refractivity contribution in [3.63, 3.8) is 0 Å². The summed E-state index contributed by atoms with van der Waals surface area (Å²) >= 11 is 7.46. The van der Waals surface area contributed by atoms with Crippen molar-refractivity contribution >= 4 is 34.9 Å². The molecule has 0 aliphatic carbocycles. The zero-order valence-corrected chi connectivity index (χ0v) is 14.6. The van der Waals surface area contributed by atoms with Crippen molar-refractivity contribution in [3.8, 4) is 0 Å². The first-order valence-corrected chi connectivity index (χ1v) is 8.55. The number of carbonyl (C=O) groups excluding carboxylic acids is 2. The van der Waals surface area contributed by atoms with Gasteiger partial charge in [0.1, 0.15) is 6.54 Å². The second-order valence-corrected chi connectivity index (χ2v) is 7.03. The predicted molar refractivity (Wildman–Crippen MR) is 96.0 cm³/mol. The first kappa shape index (κ1) is 18.2. The Morgan fingerprint density at radius 1 is 1.29 bits per heavy atom. The van der Waals surface area contributed by atoms with Gasteiger partial charge in [0.25, 0.3) is 5.91 Å². The van der Waals surface area contributed by atoms with Crippen molar-refractivity contribution in [2.24, 2.45) is 5.73 Å². The van der Waals surface area contributed by atoms with Crippen LogP contribution >= 0.6 is 22.9 Å². The van der Waals surface area contributed by atoms with Gasteiger partial charge in [-0.1, -0.05) is 48.5 Å². The van der Waals surface area contributed by atoms with Gasteiger partial charge in [-0.3, -0.25) is 10.1 Å². The lowest BCUT2D eigenvalue weighted by Gasteiger charge is -2.26. The Hall–Kier alpha value is -2.15. The van der Waals surface area contributed by atoms with E-state index in [0.29, 0.717) is 17.4 Å². The van der Waals surface area contributed by atoms with Gasteiger partial charge in [0.05, 0.1) is 15.8 Å². The normalized spacial score (nSPS) is 13.0. The van der Waals surface area contributed by atoms with Gasteiger partial charge >= 0.3 is 6.03 Å². The van der Waals surface area contributed by atoms with Gasteiger partial charge in [-0.25, -0.2) is 4.79 Å². The number of nitrogens with one attached hydrogen (secondary N) is 2. The van der Waals surface area contributed by atoms with Gasteiger partial charge in [0, 0.05) is 5.56 Å². The van der Waals surface area contributed by atoms with E-state index in [4.69, 9.17) is 17.3 Å². The van der Waals surface area contributed by atoms with E-state index in [9.17, 15) is 9.59 Å². The van der Waals surface area contributed by atoms with Crippen molar-refractivity contribution in [1.82, 2.24) is 5.32 Å². The van der Waals surface area contributed by atoms with Crippen LogP contribution < -0.4 is 16.0 Å². The van der Waals surface area contributed by atoms with Gasteiger partial charge in [0.15, 0.2) is 6.04 Å². The smallest absolute Gasteiger partial charge is 0.319 e. The van der Waals surface area contributed by atoms with E-state index >= 15 is 0 Å². The molecular weight excluding hydrogens is 346 g/mol. The minimum absolute atomic E-state index is 0.437. The van der Waals surface area contributed by atoms with Crippen LogP contribution in [0.15, 0.2) is 55.1 Å². The fraction of sp³-hybridized carbons (Fsp3) is 0.176. The summed E-state index contributed by atoms with van der Waals surface area (Å²) in [5.41, 5.74) is 5.93. The largest absolute Gasteiger partial charge is 0.351 e. The SMILES string of the molecule is C=CC[NH+](Cc1ccc(Cl)s1)[C@@H](C(=O)NC(N)=O)c1ccccc1. The predicted octanol–water partition coefficient (Wildman–Crippen LogP) is 1.91. The number of rotatable bonds is 7. The first-order valence-electron chi connectivity index (χ1n) is 7.36. The van der Waals surface area contributed by atoms with Crippen LogP contribution in [0.1, 0.15) is 16.5 Å². The van der Waals surface area contributed by atoms with Crippen molar-refractivity contribution < 1.29 is 14.5 Å². The first-order chi connectivity index (χ1) is 11.5. The van der Waals surface area contributed by atoms with Crippen molar-refractivity contribution in [2.45, 2.75) is 12.6 Å². The highest BCUT2D eigenvalue weighted by Crippen LogP contribution is 2.21. The van der Waals surface area contributed by atoms with Crippen LogP contribution in [0.4, 0.5) is 4.79 Å². The number of carbonyl (C=O) groups is 2. The second-order valence-electron chi connectivity index (χ2n) is 5.23. The number of nitrogens with two attached hydrogens (primary N) is 1. The topological polar surface area (TPSA) is 76.6 Å². The Morgan fingerprint density at radius 2 is 2.00 bits per heavy atom. The molecule has 2 atom stereocenters. The summed E-state index contributed by atoms with van der Waals surface area (Å²) in [4.78, 5) is 25.7. The summed E-state index contributed by atoms with van der Waals surface area (Å²) in [6.07, 6.45) is 1.75. The van der Waals surface area contributed by atoms with Crippen LogP contribution in [0.3, 0.4) is 0 Å². The molecule has 2 rings (SSSR count). The molecule has 0 saturated carbocycles. The molecule has 2 aromatic rings. The zero-order chi connectivity index (χ0) is 17.5. The molecule has 24 heavy (non-hydrogen) atoms. The number of halogens is 1. The van der Waals surface area contributed by atoms with Crippen LogP contribution in [-0.2, 0) is 11.3 Å². The molecule has 1 heterocycles. The molecule has 4 N–H and O–H groups in total. The number of thiophene rings is 1. The van der Waals surface area contributed by atoms with E-state index in [1.54, 1.807) is 6.08 Å². The number of urea groups is 1. The van der Waals surface area contributed by atoms with Gasteiger partial charge in [0.2, 0.25) is 0 Å². The zero-order valence-electron chi connectivity index (χ0n) is 13.0. The third kappa shape index (κ3) is 4.92. The van der Waals surface area contributed by atoms with E-state index in [0.717, 1.165) is 15.3 Å². The lowest BCUT2D eigenvalue weighted by molar-refractivity contribution is -0.929. The number of benzene rings is 1. The fourth-order valence-corrected chi connectivity index (χ4v) is 3.70. The quantitative estimate of drug-likeness (QED) is 0.656. The maximum absolute atomic E-state index is 12.6. The average molecular weight is 365 g/mol. The minimum atomic E-state index is -0.863. The highest BCUT2D eigenvalue weighted by atomic mass is 35.5. The van der Waals surface area contributed by atoms with Crippen LogP contribution in [0.2, 0.25) is 4.34 Å². The number of hydrogen-bond donors (Lipinski definition) is 3. The third-order valence-electron chi connectivity index (χ3n) is 3.49. The highest BCUT2D eigenvalue weighted by molar-refractivity contribution is 7.16. The summed E-state index contributed by atoms with van der Waals surface area (Å²) in [5, 5.41) is 2.19. The standard InChI is InChI=1S/C17H18ClN3O2S/c1-2-10-21(11-13-8-9-14(18)24-13)15(16(22)20-17(19)23)12-6-4-3-5-7-12/h2-9,15H,1,10-11H2,(H3,19,20,22,23)/p+1/t15-/m1/s1. The number of primary amides is 1. The molecule has 1 aromatic heterocycles. The molecule has 0 saturated heterocycles. The molecule has 0 fully saturated rings. The number of amides is 3. The molecule has 126 valence electrons. The molecule has 0 spiro atoms.